The van der Waals surface area contributed by atoms with Crippen LogP contribution in [0.2, 0.25) is 0 Å². The summed E-state index contributed by atoms with van der Waals surface area (Å²) in [5.74, 6) is 0. The number of hydrogen-bond acceptors (Lipinski definition) is 0. The van der Waals surface area contributed by atoms with Gasteiger partial charge in [-0.1, -0.05) is 67.9 Å². The van der Waals surface area contributed by atoms with Gasteiger partial charge in [0.1, 0.15) is 0 Å². The Labute approximate surface area is 108 Å². The summed E-state index contributed by atoms with van der Waals surface area (Å²) in [7, 11) is 0. The van der Waals surface area contributed by atoms with E-state index in [9.17, 15) is 0 Å². The first-order valence-electron chi connectivity index (χ1n) is 6.79. The Morgan fingerprint density at radius 1 is 0.778 bits per heavy atom. The third-order valence-electron chi connectivity index (χ3n) is 3.65. The highest BCUT2D eigenvalue weighted by molar-refractivity contribution is 6.08. The van der Waals surface area contributed by atoms with Crippen LogP contribution in [0.3, 0.4) is 0 Å². The summed E-state index contributed by atoms with van der Waals surface area (Å²) in [6, 6.07) is 19.8. The van der Waals surface area contributed by atoms with Gasteiger partial charge in [0.25, 0.3) is 0 Å². The Morgan fingerprint density at radius 3 is 2.22 bits per heavy atom. The van der Waals surface area contributed by atoms with Crippen LogP contribution in [-0.2, 0) is 6.42 Å². The Hall–Kier alpha value is -1.82. The van der Waals surface area contributed by atoms with Crippen molar-refractivity contribution < 1.29 is 0 Å². The summed E-state index contributed by atoms with van der Waals surface area (Å²) in [5.41, 5.74) is 1.49. The van der Waals surface area contributed by atoms with E-state index in [1.54, 1.807) is 0 Å². The molecule has 0 saturated heterocycles. The first-order chi connectivity index (χ1) is 8.90. The zero-order valence-corrected chi connectivity index (χ0v) is 10.8. The average molecular weight is 234 g/mol. The molecule has 0 unspecified atom stereocenters. The van der Waals surface area contributed by atoms with E-state index in [1.807, 2.05) is 0 Å². The minimum Gasteiger partial charge on any atom is -0.0654 e. The van der Waals surface area contributed by atoms with Crippen LogP contribution in [0.25, 0.3) is 21.5 Å². The van der Waals surface area contributed by atoms with Crippen LogP contribution in [0.15, 0.2) is 54.6 Å². The van der Waals surface area contributed by atoms with E-state index in [4.69, 9.17) is 0 Å². The summed E-state index contributed by atoms with van der Waals surface area (Å²) in [6.07, 6.45) is 3.70. The molecule has 0 heteroatoms. The molecule has 0 aliphatic heterocycles. The maximum Gasteiger partial charge on any atom is -0.0103 e. The maximum atomic E-state index is 2.37. The molecular formula is C18H18. The molecule has 90 valence electrons. The number of unbranched alkanes of at least 4 members (excludes halogenated alkanes) is 1. The lowest BCUT2D eigenvalue weighted by molar-refractivity contribution is 0.799. The Bertz CT molecular complexity index is 680. The van der Waals surface area contributed by atoms with Crippen molar-refractivity contribution in [1.29, 1.82) is 0 Å². The molecule has 3 aromatic carbocycles. The van der Waals surface area contributed by atoms with Crippen LogP contribution >= 0.6 is 0 Å². The summed E-state index contributed by atoms with van der Waals surface area (Å²) < 4.78 is 0. The molecule has 0 aromatic heterocycles. The lowest BCUT2D eigenvalue weighted by Crippen LogP contribution is -1.88. The predicted molar refractivity (Wildman–Crippen MR) is 80.1 cm³/mol. The minimum absolute atomic E-state index is 1.18. The number of rotatable bonds is 3. The second-order valence-corrected chi connectivity index (χ2v) is 4.91. The number of aryl methyl sites for hydroxylation is 1. The molecule has 0 fully saturated rings. The quantitative estimate of drug-likeness (QED) is 0.537. The van der Waals surface area contributed by atoms with Crippen LogP contribution in [0.5, 0.6) is 0 Å². The van der Waals surface area contributed by atoms with Gasteiger partial charge in [-0.05, 0) is 39.9 Å². The summed E-state index contributed by atoms with van der Waals surface area (Å²) in [4.78, 5) is 0. The van der Waals surface area contributed by atoms with Gasteiger partial charge in [-0.25, -0.2) is 0 Å². The fourth-order valence-electron chi connectivity index (χ4n) is 2.71. The molecule has 0 heterocycles. The van der Waals surface area contributed by atoms with Gasteiger partial charge in [0, 0.05) is 0 Å². The molecular weight excluding hydrogens is 216 g/mol. The second kappa shape index (κ2) is 4.81. The van der Waals surface area contributed by atoms with Crippen LogP contribution in [0.4, 0.5) is 0 Å². The lowest BCUT2D eigenvalue weighted by atomic mass is 9.95. The third kappa shape index (κ3) is 1.88. The molecule has 0 aliphatic carbocycles. The largest absolute Gasteiger partial charge is 0.0654 e. The van der Waals surface area contributed by atoms with Gasteiger partial charge in [-0.2, -0.15) is 0 Å². The third-order valence-corrected chi connectivity index (χ3v) is 3.65. The normalized spacial score (nSPS) is 11.2. The van der Waals surface area contributed by atoms with Crippen LogP contribution in [0, 0.1) is 0 Å². The molecule has 0 bridgehead atoms. The highest BCUT2D eigenvalue weighted by Gasteiger charge is 2.05. The molecule has 0 aliphatic rings. The SMILES string of the molecule is CCCCc1cc2ccccc2c2ccccc12. The molecule has 18 heavy (non-hydrogen) atoms. The highest BCUT2D eigenvalue weighted by Crippen LogP contribution is 2.29. The predicted octanol–water partition coefficient (Wildman–Crippen LogP) is 5.34. The zero-order chi connectivity index (χ0) is 12.4. The van der Waals surface area contributed by atoms with Gasteiger partial charge in [-0.15, -0.1) is 0 Å². The molecule has 0 amide bonds. The van der Waals surface area contributed by atoms with E-state index < -0.39 is 0 Å². The van der Waals surface area contributed by atoms with E-state index >= 15 is 0 Å². The van der Waals surface area contributed by atoms with E-state index in [1.165, 1.54) is 46.4 Å². The molecule has 0 radical (unpaired) electrons. The number of benzene rings is 3. The minimum atomic E-state index is 1.18. The van der Waals surface area contributed by atoms with Crippen molar-refractivity contribution in [2.45, 2.75) is 26.2 Å². The van der Waals surface area contributed by atoms with E-state index in [0.717, 1.165) is 0 Å². The fraction of sp³-hybridized carbons (Fsp3) is 0.222. The van der Waals surface area contributed by atoms with Gasteiger partial charge < -0.3 is 0 Å². The van der Waals surface area contributed by atoms with Gasteiger partial charge in [0.15, 0.2) is 0 Å². The second-order valence-electron chi connectivity index (χ2n) is 4.91. The molecule has 0 N–H and O–H groups in total. The molecule has 0 atom stereocenters. The van der Waals surface area contributed by atoms with Crippen LogP contribution in [-0.4, -0.2) is 0 Å². The first-order valence-corrected chi connectivity index (χ1v) is 6.79. The summed E-state index contributed by atoms with van der Waals surface area (Å²) in [6.45, 7) is 2.25. The maximum absolute atomic E-state index is 2.37. The first kappa shape index (κ1) is 11.3. The van der Waals surface area contributed by atoms with E-state index in [-0.39, 0.29) is 0 Å². The summed E-state index contributed by atoms with van der Waals surface area (Å²) in [5, 5.41) is 5.54. The van der Waals surface area contributed by atoms with Gasteiger partial charge in [0.2, 0.25) is 0 Å². The average Bonchev–Trinajstić information content (AvgIpc) is 2.45. The monoisotopic (exact) mass is 234 g/mol. The van der Waals surface area contributed by atoms with E-state index in [2.05, 4.69) is 61.5 Å². The smallest absolute Gasteiger partial charge is 0.0103 e. The van der Waals surface area contributed by atoms with Crippen molar-refractivity contribution in [3.63, 3.8) is 0 Å². The van der Waals surface area contributed by atoms with Crippen molar-refractivity contribution in [3.05, 3.63) is 60.2 Å². The molecule has 0 saturated carbocycles. The Balaban J connectivity index is 2.32. The van der Waals surface area contributed by atoms with Gasteiger partial charge in [0.05, 0.1) is 0 Å². The topological polar surface area (TPSA) is 0 Å². The van der Waals surface area contributed by atoms with Gasteiger partial charge in [-0.3, -0.25) is 0 Å². The fourth-order valence-corrected chi connectivity index (χ4v) is 2.71. The number of fused-ring (bicyclic) bond motifs is 3. The number of hydrogen-bond donors (Lipinski definition) is 0. The molecule has 0 nitrogen and oxygen atoms in total. The Kier molecular flexibility index (Phi) is 3.02. The van der Waals surface area contributed by atoms with Crippen molar-refractivity contribution in [3.8, 4) is 0 Å². The lowest BCUT2D eigenvalue weighted by Gasteiger charge is -2.10. The van der Waals surface area contributed by atoms with Crippen LogP contribution < -0.4 is 0 Å². The zero-order valence-electron chi connectivity index (χ0n) is 10.8. The van der Waals surface area contributed by atoms with Crippen molar-refractivity contribution in [2.24, 2.45) is 0 Å². The van der Waals surface area contributed by atoms with Crippen molar-refractivity contribution in [1.82, 2.24) is 0 Å². The van der Waals surface area contributed by atoms with E-state index in [0.29, 0.717) is 0 Å². The standard InChI is InChI=1S/C18H18/c1-2-3-8-14-13-15-9-4-5-10-17(15)18-12-7-6-11-16(14)18/h4-7,9-13H,2-3,8H2,1H3. The van der Waals surface area contributed by atoms with Crippen molar-refractivity contribution in [2.75, 3.05) is 0 Å². The molecule has 0 spiro atoms. The van der Waals surface area contributed by atoms with Crippen LogP contribution in [0.1, 0.15) is 25.3 Å². The van der Waals surface area contributed by atoms with Gasteiger partial charge >= 0.3 is 0 Å². The summed E-state index contributed by atoms with van der Waals surface area (Å²) >= 11 is 0. The Morgan fingerprint density at radius 2 is 1.44 bits per heavy atom. The van der Waals surface area contributed by atoms with Crippen molar-refractivity contribution >= 4 is 21.5 Å². The molecule has 3 rings (SSSR count). The molecule has 3 aromatic rings. The highest BCUT2D eigenvalue weighted by atomic mass is 14.1.